The van der Waals surface area contributed by atoms with Crippen LogP contribution >= 0.6 is 0 Å². The van der Waals surface area contributed by atoms with Crippen LogP contribution in [0.4, 0.5) is 0 Å². The molecule has 0 radical (unpaired) electrons. The van der Waals surface area contributed by atoms with Gasteiger partial charge in [0, 0.05) is 12.3 Å². The number of hydrogen-bond donors (Lipinski definition) is 2. The lowest BCUT2D eigenvalue weighted by Gasteiger charge is -2.44. The number of carbonyl (C=O) groups is 1. The van der Waals surface area contributed by atoms with Gasteiger partial charge in [0.15, 0.2) is 0 Å². The Kier molecular flexibility index (Phi) is 7.01. The molecular formula is C28H38O5. The first-order chi connectivity index (χ1) is 15.7. The zero-order chi connectivity index (χ0) is 23.8. The predicted molar refractivity (Wildman–Crippen MR) is 128 cm³/mol. The Morgan fingerprint density at radius 3 is 2.88 bits per heavy atom. The molecule has 1 aromatic rings. The van der Waals surface area contributed by atoms with Gasteiger partial charge in [0.05, 0.1) is 18.8 Å². The van der Waals surface area contributed by atoms with E-state index < -0.39 is 18.2 Å². The first-order valence-corrected chi connectivity index (χ1v) is 12.5. The molecule has 0 aromatic carbocycles. The molecule has 0 saturated heterocycles. The Balaban J connectivity index is 1.53. The molecule has 3 aliphatic carbocycles. The molecule has 0 amide bonds. The Morgan fingerprint density at radius 1 is 1.33 bits per heavy atom. The minimum Gasteiger partial charge on any atom is -0.460 e. The zero-order valence-electron chi connectivity index (χ0n) is 20.2. The third-order valence-electron chi connectivity index (χ3n) is 8.46. The van der Waals surface area contributed by atoms with Crippen molar-refractivity contribution in [1.29, 1.82) is 0 Å². The second-order valence-corrected chi connectivity index (χ2v) is 10.4. The number of rotatable bonds is 5. The molecule has 6 atom stereocenters. The number of aliphatic hydroxyl groups excluding tert-OH is 2. The molecule has 3 aliphatic rings. The Bertz CT molecular complexity index is 953. The highest BCUT2D eigenvalue weighted by Gasteiger charge is 2.51. The summed E-state index contributed by atoms with van der Waals surface area (Å²) in [6.07, 6.45) is 9.83. The summed E-state index contributed by atoms with van der Waals surface area (Å²) in [5.41, 5.74) is 3.36. The molecule has 5 nitrogen and oxygen atoms in total. The number of esters is 1. The highest BCUT2D eigenvalue weighted by molar-refractivity contribution is 5.86. The quantitative estimate of drug-likeness (QED) is 0.558. The average Bonchev–Trinajstić information content (AvgIpc) is 3.40. The molecule has 1 heterocycles. The second-order valence-electron chi connectivity index (χ2n) is 10.4. The first-order valence-electron chi connectivity index (χ1n) is 12.5. The van der Waals surface area contributed by atoms with E-state index in [0.717, 1.165) is 42.6 Å². The molecule has 5 heteroatoms. The maximum Gasteiger partial charge on any atom is 0.374 e. The van der Waals surface area contributed by atoms with Crippen molar-refractivity contribution in [3.05, 3.63) is 59.1 Å². The largest absolute Gasteiger partial charge is 0.460 e. The predicted octanol–water partition coefficient (Wildman–Crippen LogP) is 5.70. The smallest absolute Gasteiger partial charge is 0.374 e. The van der Waals surface area contributed by atoms with Crippen molar-refractivity contribution in [2.45, 2.75) is 83.8 Å². The molecule has 3 fully saturated rings. The van der Waals surface area contributed by atoms with Gasteiger partial charge in [-0.2, -0.15) is 0 Å². The standard InChI is InChI=1S/C28H38O5/c1-5-32-27(31)26-13-12-25(33-26)18(3)22-10-11-23-19(7-6-14-28(22,23)4)8-9-20-15-21(29)16-24(30)17(20)2/h8-9,12-13,18,21-24,29-30H,2,5-7,10-11,14-16H2,1,3-4H3/b19-8+,20-9+/t18-,21+,22+,23-,24-,28+/m0/s1. The topological polar surface area (TPSA) is 79.9 Å². The number of furan rings is 1. The Morgan fingerprint density at radius 2 is 2.12 bits per heavy atom. The second kappa shape index (κ2) is 9.63. The van der Waals surface area contributed by atoms with Crippen molar-refractivity contribution >= 4 is 5.97 Å². The lowest BCUT2D eigenvalue weighted by Crippen LogP contribution is -2.35. The molecular weight excluding hydrogens is 416 g/mol. The normalized spacial score (nSPS) is 35.6. The maximum atomic E-state index is 12.0. The molecule has 0 spiro atoms. The molecule has 0 bridgehead atoms. The molecule has 1 aromatic heterocycles. The van der Waals surface area contributed by atoms with Gasteiger partial charge in [-0.05, 0) is 86.0 Å². The minimum atomic E-state index is -0.653. The monoisotopic (exact) mass is 454 g/mol. The molecule has 0 aliphatic heterocycles. The van der Waals surface area contributed by atoms with Crippen LogP contribution in [0.5, 0.6) is 0 Å². The molecule has 4 rings (SSSR count). The first kappa shape index (κ1) is 24.0. The highest BCUT2D eigenvalue weighted by atomic mass is 16.5. The van der Waals surface area contributed by atoms with E-state index in [1.54, 1.807) is 13.0 Å². The van der Waals surface area contributed by atoms with Gasteiger partial charge in [0.2, 0.25) is 5.76 Å². The van der Waals surface area contributed by atoms with Crippen molar-refractivity contribution in [3.8, 4) is 0 Å². The maximum absolute atomic E-state index is 12.0. The van der Waals surface area contributed by atoms with E-state index in [2.05, 4.69) is 32.6 Å². The van der Waals surface area contributed by atoms with Crippen molar-refractivity contribution < 1.29 is 24.2 Å². The number of aliphatic hydroxyl groups is 2. The Hall–Kier alpha value is -2.11. The van der Waals surface area contributed by atoms with E-state index in [0.29, 0.717) is 31.3 Å². The van der Waals surface area contributed by atoms with Crippen LogP contribution in [0.25, 0.3) is 0 Å². The van der Waals surface area contributed by atoms with Gasteiger partial charge in [-0.15, -0.1) is 0 Å². The summed E-state index contributed by atoms with van der Waals surface area (Å²) in [5.74, 6) is 1.97. The van der Waals surface area contributed by atoms with Gasteiger partial charge in [-0.25, -0.2) is 4.79 Å². The van der Waals surface area contributed by atoms with Crippen LogP contribution in [0, 0.1) is 17.3 Å². The van der Waals surface area contributed by atoms with Crippen molar-refractivity contribution in [2.24, 2.45) is 17.3 Å². The van der Waals surface area contributed by atoms with Gasteiger partial charge >= 0.3 is 5.97 Å². The summed E-state index contributed by atoms with van der Waals surface area (Å²) < 4.78 is 11.0. The van der Waals surface area contributed by atoms with E-state index in [9.17, 15) is 15.0 Å². The third kappa shape index (κ3) is 4.63. The number of ether oxygens (including phenoxy) is 1. The van der Waals surface area contributed by atoms with Gasteiger partial charge in [0.1, 0.15) is 5.76 Å². The molecule has 3 saturated carbocycles. The van der Waals surface area contributed by atoms with Crippen molar-refractivity contribution in [3.63, 3.8) is 0 Å². The van der Waals surface area contributed by atoms with Crippen LogP contribution in [-0.4, -0.2) is 35.0 Å². The fraction of sp³-hybridized carbons (Fsp3) is 0.607. The summed E-state index contributed by atoms with van der Waals surface area (Å²) in [6, 6.07) is 3.67. The minimum absolute atomic E-state index is 0.182. The van der Waals surface area contributed by atoms with E-state index in [1.165, 1.54) is 12.0 Å². The average molecular weight is 455 g/mol. The SMILES string of the molecule is C=C1/C(=C/C=C2\CCC[C@]3(C)[C@@H]([C@H](C)c4ccc(C(=O)OCC)o4)CC[C@@H]23)C[C@@H](O)C[C@@H]1O. The van der Waals surface area contributed by atoms with Gasteiger partial charge in [-0.3, -0.25) is 0 Å². The summed E-state index contributed by atoms with van der Waals surface area (Å²) in [5, 5.41) is 20.2. The number of fused-ring (bicyclic) bond motifs is 1. The van der Waals surface area contributed by atoms with Crippen molar-refractivity contribution in [1.82, 2.24) is 0 Å². The van der Waals surface area contributed by atoms with Crippen molar-refractivity contribution in [2.75, 3.05) is 6.61 Å². The van der Waals surface area contributed by atoms with Gasteiger partial charge in [-0.1, -0.05) is 38.2 Å². The fourth-order valence-corrected chi connectivity index (χ4v) is 6.67. The van der Waals surface area contributed by atoms with Crippen LogP contribution in [0.1, 0.15) is 87.9 Å². The highest BCUT2D eigenvalue weighted by Crippen LogP contribution is 2.61. The lowest BCUT2D eigenvalue weighted by atomic mass is 9.61. The number of allylic oxidation sites excluding steroid dienone is 3. The van der Waals surface area contributed by atoms with E-state index in [1.807, 2.05) is 6.07 Å². The van der Waals surface area contributed by atoms with Crippen LogP contribution in [0.15, 0.2) is 52.0 Å². The van der Waals surface area contributed by atoms with Gasteiger partial charge in [0.25, 0.3) is 0 Å². The summed E-state index contributed by atoms with van der Waals surface area (Å²) in [4.78, 5) is 12.0. The molecule has 33 heavy (non-hydrogen) atoms. The summed E-state index contributed by atoms with van der Waals surface area (Å²) >= 11 is 0. The van der Waals surface area contributed by atoms with Crippen LogP contribution in [0.3, 0.4) is 0 Å². The van der Waals surface area contributed by atoms with Gasteiger partial charge < -0.3 is 19.4 Å². The fourth-order valence-electron chi connectivity index (χ4n) is 6.67. The summed E-state index contributed by atoms with van der Waals surface area (Å²) in [7, 11) is 0. The zero-order valence-corrected chi connectivity index (χ0v) is 20.2. The molecule has 180 valence electrons. The van der Waals surface area contributed by atoms with E-state index >= 15 is 0 Å². The number of carbonyl (C=O) groups excluding carboxylic acids is 1. The molecule has 2 N–H and O–H groups in total. The lowest BCUT2D eigenvalue weighted by molar-refractivity contribution is 0.0484. The Labute approximate surface area is 197 Å². The summed E-state index contributed by atoms with van der Waals surface area (Å²) in [6.45, 7) is 10.8. The third-order valence-corrected chi connectivity index (χ3v) is 8.46. The molecule has 0 unspecified atom stereocenters. The van der Waals surface area contributed by atoms with Crippen LogP contribution in [-0.2, 0) is 4.74 Å². The van der Waals surface area contributed by atoms with E-state index in [-0.39, 0.29) is 17.1 Å². The van der Waals surface area contributed by atoms with Crippen LogP contribution in [0.2, 0.25) is 0 Å². The number of hydrogen-bond acceptors (Lipinski definition) is 5. The van der Waals surface area contributed by atoms with E-state index in [4.69, 9.17) is 9.15 Å². The van der Waals surface area contributed by atoms with Crippen LogP contribution < -0.4 is 0 Å².